The summed E-state index contributed by atoms with van der Waals surface area (Å²) >= 11 is 1.75. The second kappa shape index (κ2) is 8.43. The van der Waals surface area contributed by atoms with Crippen LogP contribution < -0.4 is 14.8 Å². The molecule has 2 amide bonds. The van der Waals surface area contributed by atoms with Gasteiger partial charge in [0, 0.05) is 23.1 Å². The highest BCUT2D eigenvalue weighted by Gasteiger charge is 2.30. The summed E-state index contributed by atoms with van der Waals surface area (Å²) in [6, 6.07) is 7.13. The van der Waals surface area contributed by atoms with E-state index in [9.17, 15) is 9.59 Å². The lowest BCUT2D eigenvalue weighted by atomic mass is 9.98. The van der Waals surface area contributed by atoms with E-state index in [2.05, 4.69) is 23.7 Å². The first kappa shape index (κ1) is 19.2. The molecule has 1 aromatic carbocycles. The second-order valence-electron chi connectivity index (χ2n) is 6.34. The van der Waals surface area contributed by atoms with E-state index in [1.54, 1.807) is 29.5 Å². The molecule has 6 nitrogen and oxygen atoms in total. The van der Waals surface area contributed by atoms with Gasteiger partial charge in [0.2, 0.25) is 5.91 Å². The van der Waals surface area contributed by atoms with Crippen molar-refractivity contribution in [1.29, 1.82) is 0 Å². The molecule has 0 saturated heterocycles. The van der Waals surface area contributed by atoms with E-state index in [1.165, 1.54) is 24.7 Å². The summed E-state index contributed by atoms with van der Waals surface area (Å²) in [5.41, 5.74) is 1.63. The van der Waals surface area contributed by atoms with Gasteiger partial charge in [0.1, 0.15) is 11.5 Å². The molecule has 0 spiro atoms. The maximum atomic E-state index is 12.7. The molecule has 0 saturated carbocycles. The van der Waals surface area contributed by atoms with Crippen LogP contribution in [-0.4, -0.2) is 44.0 Å². The number of nitrogens with one attached hydrogen (secondary N) is 1. The quantitative estimate of drug-likeness (QED) is 0.826. The van der Waals surface area contributed by atoms with Crippen molar-refractivity contribution in [2.24, 2.45) is 0 Å². The topological polar surface area (TPSA) is 67.9 Å². The number of hydrogen-bond donors (Lipinski definition) is 1. The molecule has 0 radical (unpaired) electrons. The third kappa shape index (κ3) is 4.08. The number of hydrogen-bond acceptors (Lipinski definition) is 5. The first-order valence-electron chi connectivity index (χ1n) is 8.94. The molecule has 27 heavy (non-hydrogen) atoms. The second-order valence-corrected chi connectivity index (χ2v) is 7.34. The van der Waals surface area contributed by atoms with Crippen LogP contribution in [-0.2, 0) is 11.2 Å². The molecule has 2 aromatic rings. The van der Waals surface area contributed by atoms with Gasteiger partial charge in [-0.1, -0.05) is 6.92 Å². The Balaban J connectivity index is 1.66. The first-order valence-corrected chi connectivity index (χ1v) is 9.82. The molecule has 3 rings (SSSR count). The largest absolute Gasteiger partial charge is 0.497 e. The number of fused-ring (bicyclic) bond motifs is 1. The Morgan fingerprint density at radius 3 is 2.56 bits per heavy atom. The number of amides is 2. The number of nitrogens with zero attached hydrogens (tertiary/aromatic N) is 1. The molecule has 2 heterocycles. The van der Waals surface area contributed by atoms with E-state index in [4.69, 9.17) is 9.47 Å². The maximum absolute atomic E-state index is 12.7. The van der Waals surface area contributed by atoms with Gasteiger partial charge >= 0.3 is 0 Å². The summed E-state index contributed by atoms with van der Waals surface area (Å²) in [5, 5.41) is 4.81. The lowest BCUT2D eigenvalue weighted by Gasteiger charge is -2.35. The fourth-order valence-corrected chi connectivity index (χ4v) is 4.36. The van der Waals surface area contributed by atoms with Crippen molar-refractivity contribution in [2.45, 2.75) is 25.8 Å². The minimum absolute atomic E-state index is 0.0334. The zero-order valence-corrected chi connectivity index (χ0v) is 16.6. The molecule has 1 atom stereocenters. The van der Waals surface area contributed by atoms with Gasteiger partial charge in [0.15, 0.2) is 0 Å². The van der Waals surface area contributed by atoms with Gasteiger partial charge < -0.3 is 19.7 Å². The van der Waals surface area contributed by atoms with E-state index in [0.29, 0.717) is 23.6 Å². The fraction of sp³-hybridized carbons (Fsp3) is 0.400. The molecule has 0 fully saturated rings. The van der Waals surface area contributed by atoms with Crippen LogP contribution in [0, 0.1) is 0 Å². The maximum Gasteiger partial charge on any atom is 0.251 e. The summed E-state index contributed by atoms with van der Waals surface area (Å²) in [5.74, 6) is 0.652. The van der Waals surface area contributed by atoms with Crippen molar-refractivity contribution in [1.82, 2.24) is 10.2 Å². The van der Waals surface area contributed by atoms with Crippen LogP contribution in [0.2, 0.25) is 0 Å². The number of thiophene rings is 1. The minimum atomic E-state index is -0.332. The summed E-state index contributed by atoms with van der Waals surface area (Å²) in [6.45, 7) is 2.74. The van der Waals surface area contributed by atoms with Crippen molar-refractivity contribution in [3.63, 3.8) is 0 Å². The summed E-state index contributed by atoms with van der Waals surface area (Å²) in [4.78, 5) is 28.5. The van der Waals surface area contributed by atoms with Crippen LogP contribution >= 0.6 is 11.3 Å². The molecule has 7 heteroatoms. The van der Waals surface area contributed by atoms with Gasteiger partial charge in [0.25, 0.3) is 5.91 Å². The van der Waals surface area contributed by atoms with Crippen molar-refractivity contribution >= 4 is 23.2 Å². The molecule has 0 bridgehead atoms. The van der Waals surface area contributed by atoms with Crippen LogP contribution in [0.5, 0.6) is 11.5 Å². The Morgan fingerprint density at radius 1 is 1.22 bits per heavy atom. The predicted octanol–water partition coefficient (Wildman–Crippen LogP) is 3.03. The van der Waals surface area contributed by atoms with Crippen molar-refractivity contribution < 1.29 is 19.1 Å². The molecular weight excluding hydrogens is 364 g/mol. The average Bonchev–Trinajstić information content (AvgIpc) is 3.19. The lowest BCUT2D eigenvalue weighted by Crippen LogP contribution is -2.44. The van der Waals surface area contributed by atoms with Crippen LogP contribution in [0.15, 0.2) is 29.6 Å². The van der Waals surface area contributed by atoms with E-state index >= 15 is 0 Å². The van der Waals surface area contributed by atoms with Crippen LogP contribution in [0.1, 0.15) is 40.2 Å². The normalized spacial score (nSPS) is 15.8. The highest BCUT2D eigenvalue weighted by atomic mass is 32.1. The van der Waals surface area contributed by atoms with Gasteiger partial charge in [-0.05, 0) is 42.0 Å². The number of carbonyl (C=O) groups is 2. The number of ether oxygens (including phenoxy) is 2. The zero-order chi connectivity index (χ0) is 19.4. The summed E-state index contributed by atoms with van der Waals surface area (Å²) < 4.78 is 10.4. The predicted molar refractivity (Wildman–Crippen MR) is 105 cm³/mol. The Kier molecular flexibility index (Phi) is 6.01. The van der Waals surface area contributed by atoms with Crippen LogP contribution in [0.4, 0.5) is 0 Å². The standard InChI is InChI=1S/C20H24N2O4S/c1-4-17-16-6-8-27-18(16)5-7-22(17)19(23)12-21-20(24)13-9-14(25-2)11-15(10-13)26-3/h6,8-11,17H,4-5,7,12H2,1-3H3,(H,21,24). The average molecular weight is 388 g/mol. The van der Waals surface area contributed by atoms with Gasteiger partial charge in [0.05, 0.1) is 26.8 Å². The number of rotatable bonds is 6. The Morgan fingerprint density at radius 2 is 1.93 bits per heavy atom. The molecule has 0 aliphatic carbocycles. The molecule has 1 aliphatic heterocycles. The number of methoxy groups -OCH3 is 2. The lowest BCUT2D eigenvalue weighted by molar-refractivity contribution is -0.133. The minimum Gasteiger partial charge on any atom is -0.497 e. The Hall–Kier alpha value is -2.54. The van der Waals surface area contributed by atoms with Crippen molar-refractivity contribution in [3.8, 4) is 11.5 Å². The molecule has 1 N–H and O–H groups in total. The smallest absolute Gasteiger partial charge is 0.251 e. The van der Waals surface area contributed by atoms with Gasteiger partial charge in [-0.25, -0.2) is 0 Å². The third-order valence-corrected chi connectivity index (χ3v) is 5.81. The number of carbonyl (C=O) groups excluding carboxylic acids is 2. The summed E-state index contributed by atoms with van der Waals surface area (Å²) in [7, 11) is 3.06. The molecule has 1 aliphatic rings. The number of benzene rings is 1. The van der Waals surface area contributed by atoms with Crippen LogP contribution in [0.3, 0.4) is 0 Å². The van der Waals surface area contributed by atoms with Crippen molar-refractivity contribution in [3.05, 3.63) is 45.6 Å². The van der Waals surface area contributed by atoms with E-state index in [-0.39, 0.29) is 24.4 Å². The van der Waals surface area contributed by atoms with Crippen LogP contribution in [0.25, 0.3) is 0 Å². The summed E-state index contributed by atoms with van der Waals surface area (Å²) in [6.07, 6.45) is 1.73. The highest BCUT2D eigenvalue weighted by Crippen LogP contribution is 2.35. The molecule has 1 aromatic heterocycles. The fourth-order valence-electron chi connectivity index (χ4n) is 3.43. The van der Waals surface area contributed by atoms with Gasteiger partial charge in [-0.15, -0.1) is 11.3 Å². The molecular formula is C20H24N2O4S. The Labute approximate surface area is 163 Å². The van der Waals surface area contributed by atoms with Gasteiger partial charge in [-0.3, -0.25) is 9.59 Å². The SMILES string of the molecule is CCC1c2ccsc2CCN1C(=O)CNC(=O)c1cc(OC)cc(OC)c1. The van der Waals surface area contributed by atoms with E-state index in [1.807, 2.05) is 4.90 Å². The molecule has 1 unspecified atom stereocenters. The Bertz CT molecular complexity index is 811. The first-order chi connectivity index (χ1) is 13.1. The van der Waals surface area contributed by atoms with Gasteiger partial charge in [-0.2, -0.15) is 0 Å². The monoisotopic (exact) mass is 388 g/mol. The zero-order valence-electron chi connectivity index (χ0n) is 15.8. The highest BCUT2D eigenvalue weighted by molar-refractivity contribution is 7.10. The van der Waals surface area contributed by atoms with Crippen molar-refractivity contribution in [2.75, 3.05) is 27.3 Å². The van der Waals surface area contributed by atoms with E-state index in [0.717, 1.165) is 12.8 Å². The third-order valence-electron chi connectivity index (χ3n) is 4.82. The molecule has 144 valence electrons. The van der Waals surface area contributed by atoms with E-state index < -0.39 is 0 Å².